The van der Waals surface area contributed by atoms with Gasteiger partial charge in [0, 0.05) is 23.5 Å². The van der Waals surface area contributed by atoms with Crippen molar-refractivity contribution < 1.29 is 35.0 Å². The van der Waals surface area contributed by atoms with Crippen molar-refractivity contribution in [3.05, 3.63) is 75.8 Å². The third-order valence-corrected chi connectivity index (χ3v) is 5.93. The predicted molar refractivity (Wildman–Crippen MR) is 124 cm³/mol. The van der Waals surface area contributed by atoms with Crippen molar-refractivity contribution in [3.8, 4) is 28.7 Å². The fraction of sp³-hybridized carbons (Fsp3) is 0.308. The summed E-state index contributed by atoms with van der Waals surface area (Å²) < 4.78 is 10.6. The maximum atomic E-state index is 10.8. The summed E-state index contributed by atoms with van der Waals surface area (Å²) in [6.45, 7) is 1.36. The van der Waals surface area contributed by atoms with Crippen LogP contribution in [0.15, 0.2) is 42.5 Å². The van der Waals surface area contributed by atoms with E-state index in [1.165, 1.54) is 14.2 Å². The Bertz CT molecular complexity index is 1100. The number of phenols is 3. The highest BCUT2D eigenvalue weighted by Gasteiger charge is 2.21. The van der Waals surface area contributed by atoms with Crippen LogP contribution in [0.3, 0.4) is 0 Å². The monoisotopic (exact) mass is 454 g/mol. The van der Waals surface area contributed by atoms with Crippen molar-refractivity contribution in [2.75, 3.05) is 14.2 Å². The van der Waals surface area contributed by atoms with Crippen LogP contribution in [-0.2, 0) is 19.6 Å². The van der Waals surface area contributed by atoms with Gasteiger partial charge >= 0.3 is 0 Å². The van der Waals surface area contributed by atoms with E-state index < -0.39 is 0 Å². The van der Waals surface area contributed by atoms with Crippen molar-refractivity contribution in [3.63, 3.8) is 0 Å². The van der Waals surface area contributed by atoms with E-state index >= 15 is 0 Å². The van der Waals surface area contributed by atoms with E-state index in [1.54, 1.807) is 36.4 Å². The quantitative estimate of drug-likeness (QED) is 0.332. The minimum Gasteiger partial charge on any atom is -0.507 e. The second-order valence-electron chi connectivity index (χ2n) is 7.84. The molecule has 3 aromatic rings. The molecule has 0 fully saturated rings. The van der Waals surface area contributed by atoms with Gasteiger partial charge in [-0.05, 0) is 46.9 Å². The number of phenolic OH excluding ortho intramolecular Hbond substituents is 1. The third kappa shape index (κ3) is 4.84. The minimum atomic E-state index is -0.353. The first-order valence-corrected chi connectivity index (χ1v) is 10.7. The lowest BCUT2D eigenvalue weighted by Crippen LogP contribution is -2.05. The smallest absolute Gasteiger partial charge is 0.200 e. The maximum Gasteiger partial charge on any atom is 0.200 e. The molecule has 3 rings (SSSR count). The number of methoxy groups -OCH3 is 2. The van der Waals surface area contributed by atoms with Crippen molar-refractivity contribution in [2.24, 2.45) is 0 Å². The Morgan fingerprint density at radius 2 is 1.21 bits per heavy atom. The number of hydrogen-bond donors (Lipinski definition) is 5. The lowest BCUT2D eigenvalue weighted by molar-refractivity contribution is 0.275. The summed E-state index contributed by atoms with van der Waals surface area (Å²) in [6, 6.07) is 12.2. The summed E-state index contributed by atoms with van der Waals surface area (Å²) in [4.78, 5) is 0. The molecule has 0 saturated heterocycles. The molecule has 0 spiro atoms. The molecule has 176 valence electrons. The molecule has 0 bridgehead atoms. The number of aliphatic hydroxyl groups excluding tert-OH is 2. The summed E-state index contributed by atoms with van der Waals surface area (Å²) >= 11 is 0. The molecule has 7 heteroatoms. The number of ether oxygens (including phenoxy) is 2. The highest BCUT2D eigenvalue weighted by atomic mass is 16.5. The largest absolute Gasteiger partial charge is 0.507 e. The Morgan fingerprint density at radius 1 is 0.697 bits per heavy atom. The molecule has 33 heavy (non-hydrogen) atoms. The third-order valence-electron chi connectivity index (χ3n) is 5.93. The molecular weight excluding hydrogens is 424 g/mol. The van der Waals surface area contributed by atoms with Crippen LogP contribution in [0.25, 0.3) is 0 Å². The van der Waals surface area contributed by atoms with Crippen LogP contribution in [0.1, 0.15) is 52.6 Å². The molecule has 0 aliphatic carbocycles. The predicted octanol–water partition coefficient (Wildman–Crippen LogP) is 3.94. The van der Waals surface area contributed by atoms with Gasteiger partial charge in [-0.25, -0.2) is 0 Å². The van der Waals surface area contributed by atoms with E-state index in [9.17, 15) is 25.5 Å². The Morgan fingerprint density at radius 3 is 1.76 bits per heavy atom. The van der Waals surface area contributed by atoms with E-state index in [2.05, 4.69) is 0 Å². The summed E-state index contributed by atoms with van der Waals surface area (Å²) in [5, 5.41) is 50.8. The van der Waals surface area contributed by atoms with Crippen LogP contribution in [0.4, 0.5) is 0 Å². The molecule has 0 saturated carbocycles. The molecule has 1 unspecified atom stereocenters. The van der Waals surface area contributed by atoms with E-state index in [0.717, 1.165) is 11.1 Å². The second kappa shape index (κ2) is 10.5. The van der Waals surface area contributed by atoms with Gasteiger partial charge in [0.15, 0.2) is 11.5 Å². The zero-order valence-corrected chi connectivity index (χ0v) is 19.0. The van der Waals surface area contributed by atoms with Crippen molar-refractivity contribution in [1.82, 2.24) is 0 Å². The van der Waals surface area contributed by atoms with E-state index in [-0.39, 0.29) is 54.3 Å². The van der Waals surface area contributed by atoms with Gasteiger partial charge in [-0.3, -0.25) is 0 Å². The maximum absolute atomic E-state index is 10.8. The van der Waals surface area contributed by atoms with Gasteiger partial charge in [0.25, 0.3) is 0 Å². The SMILES string of the molecule is CCC(c1cc(CO)c(O)c(Cc2cccc(CO)c2O)c1)c1cc(OC)c(O)c(OC)c1. The van der Waals surface area contributed by atoms with Crippen LogP contribution in [0.5, 0.6) is 28.7 Å². The minimum absolute atomic E-state index is 0.0181. The van der Waals surface area contributed by atoms with E-state index in [1.807, 2.05) is 13.0 Å². The molecule has 3 aromatic carbocycles. The molecule has 0 heterocycles. The van der Waals surface area contributed by atoms with Gasteiger partial charge < -0.3 is 35.0 Å². The molecular formula is C26H30O7. The highest BCUT2D eigenvalue weighted by Crippen LogP contribution is 2.42. The van der Waals surface area contributed by atoms with Crippen LogP contribution in [0.2, 0.25) is 0 Å². The van der Waals surface area contributed by atoms with Crippen molar-refractivity contribution in [2.45, 2.75) is 38.9 Å². The average Bonchev–Trinajstić information content (AvgIpc) is 2.83. The molecule has 7 nitrogen and oxygen atoms in total. The number of benzene rings is 3. The fourth-order valence-electron chi connectivity index (χ4n) is 4.14. The summed E-state index contributed by atoms with van der Waals surface area (Å²) in [7, 11) is 2.93. The van der Waals surface area contributed by atoms with Gasteiger partial charge in [-0.2, -0.15) is 0 Å². The van der Waals surface area contributed by atoms with Gasteiger partial charge in [-0.1, -0.05) is 31.2 Å². The summed E-state index contributed by atoms with van der Waals surface area (Å²) in [5.41, 5.74) is 3.56. The molecule has 0 aliphatic heterocycles. The topological polar surface area (TPSA) is 120 Å². The number of hydrogen-bond acceptors (Lipinski definition) is 7. The number of aromatic hydroxyl groups is 3. The second-order valence-corrected chi connectivity index (χ2v) is 7.84. The fourth-order valence-corrected chi connectivity index (χ4v) is 4.14. The van der Waals surface area contributed by atoms with Gasteiger partial charge in [0.2, 0.25) is 5.75 Å². The van der Waals surface area contributed by atoms with Crippen LogP contribution in [-0.4, -0.2) is 39.8 Å². The summed E-state index contributed by atoms with van der Waals surface area (Å²) in [6.07, 6.45) is 0.905. The molecule has 0 aromatic heterocycles. The number of aliphatic hydroxyl groups is 2. The highest BCUT2D eigenvalue weighted by molar-refractivity contribution is 5.56. The van der Waals surface area contributed by atoms with Crippen LogP contribution in [0, 0.1) is 0 Å². The molecule has 0 radical (unpaired) electrons. The first-order chi connectivity index (χ1) is 15.9. The normalized spacial score (nSPS) is 11.9. The molecule has 5 N–H and O–H groups in total. The van der Waals surface area contributed by atoms with Gasteiger partial charge in [0.05, 0.1) is 27.4 Å². The lowest BCUT2D eigenvalue weighted by atomic mass is 9.85. The molecule has 0 amide bonds. The first kappa shape index (κ1) is 24.2. The Hall–Kier alpha value is -3.42. The number of para-hydroxylation sites is 1. The zero-order valence-electron chi connectivity index (χ0n) is 19.0. The molecule has 0 aliphatic rings. The average molecular weight is 455 g/mol. The zero-order chi connectivity index (χ0) is 24.1. The standard InChI is InChI=1S/C26H30O7/c1-4-21(18-11-22(32-2)26(31)23(12-18)33-3)17-9-19(25(30)20(10-17)14-28)8-15-6-5-7-16(13-27)24(15)29/h5-7,9-12,21,27-31H,4,8,13-14H2,1-3H3. The Labute approximate surface area is 193 Å². The van der Waals surface area contributed by atoms with E-state index in [0.29, 0.717) is 28.7 Å². The molecule has 1 atom stereocenters. The van der Waals surface area contributed by atoms with Gasteiger partial charge in [0.1, 0.15) is 11.5 Å². The summed E-state index contributed by atoms with van der Waals surface area (Å²) in [5.74, 6) is 0.293. The van der Waals surface area contributed by atoms with E-state index in [4.69, 9.17) is 9.47 Å². The Balaban J connectivity index is 2.12. The van der Waals surface area contributed by atoms with Crippen molar-refractivity contribution in [1.29, 1.82) is 0 Å². The van der Waals surface area contributed by atoms with Crippen LogP contribution < -0.4 is 9.47 Å². The Kier molecular flexibility index (Phi) is 7.68. The van der Waals surface area contributed by atoms with Crippen LogP contribution >= 0.6 is 0 Å². The van der Waals surface area contributed by atoms with Crippen molar-refractivity contribution >= 4 is 0 Å². The first-order valence-electron chi connectivity index (χ1n) is 10.7. The van der Waals surface area contributed by atoms with Gasteiger partial charge in [-0.15, -0.1) is 0 Å². The number of rotatable bonds is 9. The lowest BCUT2D eigenvalue weighted by Gasteiger charge is -2.21.